The fraction of sp³-hybridized carbons (Fsp3) is 0.297. The maximum Gasteiger partial charge on any atom is 0.241 e. The predicted octanol–water partition coefficient (Wildman–Crippen LogP) is 6.00. The molecule has 0 bridgehead atoms. The first kappa shape index (κ1) is 31.2. The standard InChI is InChI=1S/C37H33IN2O7/c1-37-27(16-9-20-17-29(46-2)32(41)30(18-20)47-3)24-14-15-25-31(35(44)39(33(25)42)23-12-10-21(38)11-13-23)26(24)19-28(37)34(43)40(36(37)45)22-7-5-4-6-8-22/h4-14,16-18,25-28,31,41H,15,19H2,1-3H3/t25-,26+,27-,28-,31-,37-/m0/s1. The number of phenolic OH excluding ortho intramolecular Hbond substituents is 1. The zero-order chi connectivity index (χ0) is 33.2. The van der Waals surface area contributed by atoms with Crippen molar-refractivity contribution in [3.63, 3.8) is 0 Å². The van der Waals surface area contributed by atoms with Crippen LogP contribution < -0.4 is 19.3 Å². The van der Waals surface area contributed by atoms with E-state index in [1.54, 1.807) is 48.5 Å². The number of carbonyl (C=O) groups is 4. The number of benzene rings is 3. The van der Waals surface area contributed by atoms with Gasteiger partial charge >= 0.3 is 0 Å². The van der Waals surface area contributed by atoms with Crippen molar-refractivity contribution in [1.29, 1.82) is 0 Å². The number of phenols is 1. The first-order chi connectivity index (χ1) is 22.6. The first-order valence-corrected chi connectivity index (χ1v) is 16.6. The van der Waals surface area contributed by atoms with Crippen LogP contribution in [-0.2, 0) is 19.2 Å². The zero-order valence-corrected chi connectivity index (χ0v) is 28.2. The maximum absolute atomic E-state index is 14.5. The number of fused-ring (bicyclic) bond motifs is 4. The molecule has 0 spiro atoms. The van der Waals surface area contributed by atoms with Gasteiger partial charge in [0.25, 0.3) is 0 Å². The number of allylic oxidation sites excluding steroid dienone is 3. The Morgan fingerprint density at radius 1 is 0.851 bits per heavy atom. The van der Waals surface area contributed by atoms with Crippen LogP contribution >= 0.6 is 22.6 Å². The van der Waals surface area contributed by atoms with Crippen molar-refractivity contribution < 1.29 is 33.8 Å². The van der Waals surface area contributed by atoms with Gasteiger partial charge in [0.15, 0.2) is 11.5 Å². The van der Waals surface area contributed by atoms with Gasteiger partial charge in [-0.15, -0.1) is 0 Å². The summed E-state index contributed by atoms with van der Waals surface area (Å²) in [6.07, 6.45) is 6.40. The lowest BCUT2D eigenvalue weighted by Crippen LogP contribution is -2.49. The third-order valence-corrected chi connectivity index (χ3v) is 11.1. The van der Waals surface area contributed by atoms with E-state index < -0.39 is 35.0 Å². The molecule has 240 valence electrons. The minimum atomic E-state index is -1.15. The molecule has 47 heavy (non-hydrogen) atoms. The van der Waals surface area contributed by atoms with E-state index in [9.17, 15) is 24.3 Å². The molecule has 9 nitrogen and oxygen atoms in total. The SMILES string of the molecule is COc1cc(C=C[C@H]2C3=CC[C@@H]4C(=O)N(c5ccc(I)cc5)C(=O)[C@@H]4[C@@H]3C[C@H]3C(=O)N(c4ccccc4)C(=O)[C@@]23C)cc(OC)c1O. The highest BCUT2D eigenvalue weighted by atomic mass is 127. The van der Waals surface area contributed by atoms with E-state index >= 15 is 0 Å². The molecule has 2 saturated heterocycles. The van der Waals surface area contributed by atoms with Crippen LogP contribution in [0, 0.1) is 38.6 Å². The number of nitrogens with zero attached hydrogens (tertiary/aromatic N) is 2. The lowest BCUT2D eigenvalue weighted by molar-refractivity contribution is -0.132. The van der Waals surface area contributed by atoms with Crippen molar-refractivity contribution in [2.45, 2.75) is 19.8 Å². The number of hydrogen-bond donors (Lipinski definition) is 1. The molecule has 3 aromatic rings. The van der Waals surface area contributed by atoms with Gasteiger partial charge in [-0.3, -0.25) is 24.1 Å². The van der Waals surface area contributed by atoms with E-state index in [4.69, 9.17) is 9.47 Å². The smallest absolute Gasteiger partial charge is 0.241 e. The molecular formula is C37H33IN2O7. The van der Waals surface area contributed by atoms with E-state index in [1.165, 1.54) is 24.0 Å². The molecule has 7 rings (SSSR count). The highest BCUT2D eigenvalue weighted by Gasteiger charge is 2.66. The molecule has 6 atom stereocenters. The van der Waals surface area contributed by atoms with Gasteiger partial charge in [-0.2, -0.15) is 0 Å². The number of aromatic hydroxyl groups is 1. The summed E-state index contributed by atoms with van der Waals surface area (Å²) in [7, 11) is 2.89. The molecule has 1 N–H and O–H groups in total. The Kier molecular flexibility index (Phi) is 7.73. The Morgan fingerprint density at radius 2 is 1.49 bits per heavy atom. The number of rotatable bonds is 6. The summed E-state index contributed by atoms with van der Waals surface area (Å²) in [4.78, 5) is 59.3. The minimum absolute atomic E-state index is 0.130. The van der Waals surface area contributed by atoms with Crippen LogP contribution in [0.4, 0.5) is 11.4 Å². The van der Waals surface area contributed by atoms with Gasteiger partial charge in [-0.25, -0.2) is 4.90 Å². The number of carbonyl (C=O) groups excluding carboxylic acids is 4. The largest absolute Gasteiger partial charge is 0.502 e. The van der Waals surface area contributed by atoms with Gasteiger partial charge in [0.2, 0.25) is 29.4 Å². The first-order valence-electron chi connectivity index (χ1n) is 15.5. The Balaban J connectivity index is 1.34. The normalized spacial score (nSPS) is 28.3. The molecule has 2 aliphatic heterocycles. The van der Waals surface area contributed by atoms with E-state index in [-0.39, 0.29) is 47.3 Å². The van der Waals surface area contributed by atoms with Gasteiger partial charge in [0, 0.05) is 9.49 Å². The molecule has 0 radical (unpaired) electrons. The molecule has 10 heteroatoms. The fourth-order valence-electron chi connectivity index (χ4n) is 8.10. The van der Waals surface area contributed by atoms with Crippen LogP contribution in [0.15, 0.2) is 84.5 Å². The van der Waals surface area contributed by atoms with Crippen LogP contribution in [0.1, 0.15) is 25.3 Å². The molecule has 4 aliphatic rings. The number of para-hydroxylation sites is 1. The van der Waals surface area contributed by atoms with Gasteiger partial charge in [-0.1, -0.05) is 42.0 Å². The average Bonchev–Trinajstić information content (AvgIpc) is 3.45. The number of ether oxygens (including phenoxy) is 2. The Hall–Kier alpha value is -4.45. The third-order valence-electron chi connectivity index (χ3n) is 10.4. The van der Waals surface area contributed by atoms with E-state index in [0.29, 0.717) is 23.4 Å². The van der Waals surface area contributed by atoms with Crippen LogP contribution in [-0.4, -0.2) is 43.0 Å². The molecule has 1 saturated carbocycles. The third kappa shape index (κ3) is 4.70. The number of methoxy groups -OCH3 is 2. The molecule has 0 unspecified atom stereocenters. The summed E-state index contributed by atoms with van der Waals surface area (Å²) in [5.74, 6) is -3.68. The molecule has 0 aromatic heterocycles. The Labute approximate surface area is 286 Å². The fourth-order valence-corrected chi connectivity index (χ4v) is 8.46. The number of amides is 4. The van der Waals surface area contributed by atoms with Crippen molar-refractivity contribution in [3.8, 4) is 17.2 Å². The number of anilines is 2. The Bertz CT molecular complexity index is 1850. The second-order valence-electron chi connectivity index (χ2n) is 12.7. The molecule has 3 fully saturated rings. The maximum atomic E-state index is 14.5. The van der Waals surface area contributed by atoms with Crippen LogP contribution in [0.2, 0.25) is 0 Å². The molecule has 2 aliphatic carbocycles. The second kappa shape index (κ2) is 11.7. The molecular weight excluding hydrogens is 711 g/mol. The van der Waals surface area contributed by atoms with Gasteiger partial charge in [0.05, 0.1) is 48.8 Å². The van der Waals surface area contributed by atoms with Gasteiger partial charge in [-0.05, 0) is 102 Å². The molecule has 4 amide bonds. The summed E-state index contributed by atoms with van der Waals surface area (Å²) in [5.41, 5.74) is 1.43. The van der Waals surface area contributed by atoms with Crippen LogP contribution in [0.25, 0.3) is 6.08 Å². The van der Waals surface area contributed by atoms with Crippen LogP contribution in [0.3, 0.4) is 0 Å². The summed E-state index contributed by atoms with van der Waals surface area (Å²) < 4.78 is 11.7. The monoisotopic (exact) mass is 744 g/mol. The lowest BCUT2D eigenvalue weighted by atomic mass is 9.52. The van der Waals surface area contributed by atoms with Crippen molar-refractivity contribution in [3.05, 3.63) is 93.6 Å². The van der Waals surface area contributed by atoms with Gasteiger partial charge in [0.1, 0.15) is 0 Å². The number of hydrogen-bond acceptors (Lipinski definition) is 7. The minimum Gasteiger partial charge on any atom is -0.502 e. The van der Waals surface area contributed by atoms with Crippen molar-refractivity contribution in [2.75, 3.05) is 24.0 Å². The number of halogens is 1. The topological polar surface area (TPSA) is 113 Å². The zero-order valence-electron chi connectivity index (χ0n) is 26.1. The second-order valence-corrected chi connectivity index (χ2v) is 13.9. The lowest BCUT2D eigenvalue weighted by Gasteiger charge is -2.47. The van der Waals surface area contributed by atoms with Crippen molar-refractivity contribution in [1.82, 2.24) is 0 Å². The highest BCUT2D eigenvalue weighted by molar-refractivity contribution is 14.1. The summed E-state index contributed by atoms with van der Waals surface area (Å²) in [6, 6.07) is 19.5. The molecule has 2 heterocycles. The quantitative estimate of drug-likeness (QED) is 0.187. The summed E-state index contributed by atoms with van der Waals surface area (Å²) in [6.45, 7) is 1.84. The van der Waals surface area contributed by atoms with Gasteiger partial charge < -0.3 is 14.6 Å². The Morgan fingerprint density at radius 3 is 2.13 bits per heavy atom. The molecule has 3 aromatic carbocycles. The summed E-state index contributed by atoms with van der Waals surface area (Å²) >= 11 is 2.18. The average molecular weight is 745 g/mol. The predicted molar refractivity (Wildman–Crippen MR) is 184 cm³/mol. The van der Waals surface area contributed by atoms with E-state index in [1.807, 2.05) is 43.4 Å². The van der Waals surface area contributed by atoms with E-state index in [2.05, 4.69) is 22.6 Å². The van der Waals surface area contributed by atoms with E-state index in [0.717, 1.165) is 9.14 Å². The van der Waals surface area contributed by atoms with Crippen molar-refractivity contribution in [2.24, 2.45) is 35.0 Å². The highest BCUT2D eigenvalue weighted by Crippen LogP contribution is 2.61. The van der Waals surface area contributed by atoms with Crippen molar-refractivity contribution >= 4 is 63.7 Å². The summed E-state index contributed by atoms with van der Waals surface area (Å²) in [5, 5.41) is 10.5. The number of imide groups is 2. The van der Waals surface area contributed by atoms with Crippen LogP contribution in [0.5, 0.6) is 17.2 Å².